The van der Waals surface area contributed by atoms with E-state index < -0.39 is 0 Å². The van der Waals surface area contributed by atoms with Crippen LogP contribution in [0.1, 0.15) is 26.2 Å². The van der Waals surface area contributed by atoms with Crippen LogP contribution in [0.2, 0.25) is 0 Å². The molecule has 0 aliphatic carbocycles. The van der Waals surface area contributed by atoms with Gasteiger partial charge in [0.25, 0.3) is 0 Å². The lowest BCUT2D eigenvalue weighted by molar-refractivity contribution is -0.119. The summed E-state index contributed by atoms with van der Waals surface area (Å²) in [7, 11) is 0. The van der Waals surface area contributed by atoms with E-state index in [-0.39, 0.29) is 12.7 Å². The Bertz CT molecular complexity index is 196. The molecule has 1 saturated heterocycles. The summed E-state index contributed by atoms with van der Waals surface area (Å²) < 4.78 is 5.35. The first kappa shape index (κ1) is 12.6. The maximum absolute atomic E-state index is 11.1. The van der Waals surface area contributed by atoms with Gasteiger partial charge >= 0.3 is 0 Å². The van der Waals surface area contributed by atoms with Crippen LogP contribution in [0.15, 0.2) is 0 Å². The fourth-order valence-electron chi connectivity index (χ4n) is 1.77. The molecule has 1 N–H and O–H groups in total. The molecule has 0 saturated carbocycles. The second-order valence-electron chi connectivity index (χ2n) is 3.97. The molecule has 1 rings (SSSR count). The SMILES string of the molecule is CCC(=O)CCCN1CCOC(CO)C1. The van der Waals surface area contributed by atoms with Gasteiger partial charge in [-0.2, -0.15) is 0 Å². The number of aliphatic hydroxyl groups is 1. The van der Waals surface area contributed by atoms with Gasteiger partial charge in [-0.3, -0.25) is 9.69 Å². The van der Waals surface area contributed by atoms with Crippen molar-refractivity contribution in [3.05, 3.63) is 0 Å². The molecular weight excluding hydrogens is 194 g/mol. The number of hydrogen-bond acceptors (Lipinski definition) is 4. The molecule has 1 heterocycles. The normalized spacial score (nSPS) is 22.9. The third kappa shape index (κ3) is 4.73. The van der Waals surface area contributed by atoms with Gasteiger partial charge in [-0.15, -0.1) is 0 Å². The van der Waals surface area contributed by atoms with Gasteiger partial charge in [0.2, 0.25) is 0 Å². The highest BCUT2D eigenvalue weighted by Gasteiger charge is 2.18. The van der Waals surface area contributed by atoms with Crippen LogP contribution >= 0.6 is 0 Å². The molecule has 4 nitrogen and oxygen atoms in total. The lowest BCUT2D eigenvalue weighted by atomic mass is 10.1. The van der Waals surface area contributed by atoms with E-state index in [4.69, 9.17) is 9.84 Å². The first-order chi connectivity index (χ1) is 7.26. The highest BCUT2D eigenvalue weighted by atomic mass is 16.5. The van der Waals surface area contributed by atoms with E-state index in [9.17, 15) is 4.79 Å². The van der Waals surface area contributed by atoms with Crippen LogP contribution in [0.4, 0.5) is 0 Å². The largest absolute Gasteiger partial charge is 0.394 e. The molecule has 1 atom stereocenters. The Morgan fingerprint density at radius 2 is 2.40 bits per heavy atom. The van der Waals surface area contributed by atoms with E-state index in [1.165, 1.54) is 0 Å². The summed E-state index contributed by atoms with van der Waals surface area (Å²) in [5.41, 5.74) is 0. The van der Waals surface area contributed by atoms with Crippen LogP contribution in [0.3, 0.4) is 0 Å². The molecule has 88 valence electrons. The Morgan fingerprint density at radius 1 is 1.60 bits per heavy atom. The summed E-state index contributed by atoms with van der Waals surface area (Å²) in [5, 5.41) is 8.95. The molecule has 0 aromatic carbocycles. The highest BCUT2D eigenvalue weighted by molar-refractivity contribution is 5.77. The molecule has 0 aromatic rings. The molecule has 15 heavy (non-hydrogen) atoms. The predicted octanol–water partition coefficient (Wildman–Crippen LogP) is 0.439. The van der Waals surface area contributed by atoms with Crippen molar-refractivity contribution >= 4 is 5.78 Å². The lowest BCUT2D eigenvalue weighted by Gasteiger charge is -2.31. The fourth-order valence-corrected chi connectivity index (χ4v) is 1.77. The van der Waals surface area contributed by atoms with Crippen LogP contribution in [0.5, 0.6) is 0 Å². The van der Waals surface area contributed by atoms with Gasteiger partial charge in [-0.05, 0) is 13.0 Å². The van der Waals surface area contributed by atoms with E-state index in [0.717, 1.165) is 26.1 Å². The van der Waals surface area contributed by atoms with Gasteiger partial charge in [0, 0.05) is 25.9 Å². The van der Waals surface area contributed by atoms with E-state index >= 15 is 0 Å². The summed E-state index contributed by atoms with van der Waals surface area (Å²) in [4.78, 5) is 13.3. The van der Waals surface area contributed by atoms with Crippen molar-refractivity contribution in [1.29, 1.82) is 0 Å². The Kier molecular flexibility index (Phi) is 5.83. The monoisotopic (exact) mass is 215 g/mol. The summed E-state index contributed by atoms with van der Waals surface area (Å²) in [6.07, 6.45) is 2.20. The van der Waals surface area contributed by atoms with Crippen molar-refractivity contribution in [3.63, 3.8) is 0 Å². The lowest BCUT2D eigenvalue weighted by Crippen LogP contribution is -2.44. The zero-order valence-corrected chi connectivity index (χ0v) is 9.45. The number of ketones is 1. The number of rotatable bonds is 6. The smallest absolute Gasteiger partial charge is 0.132 e. The minimum Gasteiger partial charge on any atom is -0.394 e. The number of Topliss-reactive ketones (excluding diaryl/α,β-unsaturated/α-hetero) is 1. The average Bonchev–Trinajstić information content (AvgIpc) is 2.29. The van der Waals surface area contributed by atoms with E-state index in [2.05, 4.69) is 4.90 Å². The van der Waals surface area contributed by atoms with Gasteiger partial charge in [-0.25, -0.2) is 0 Å². The summed E-state index contributed by atoms with van der Waals surface area (Å²) in [6, 6.07) is 0. The molecule has 0 radical (unpaired) electrons. The Balaban J connectivity index is 2.12. The molecule has 1 fully saturated rings. The standard InChI is InChI=1S/C11H21NO3/c1-2-10(14)4-3-5-12-6-7-15-11(8-12)9-13/h11,13H,2-9H2,1H3. The zero-order chi connectivity index (χ0) is 11.1. The Morgan fingerprint density at radius 3 is 3.07 bits per heavy atom. The van der Waals surface area contributed by atoms with Crippen LogP contribution in [0.25, 0.3) is 0 Å². The third-order valence-electron chi connectivity index (χ3n) is 2.75. The number of carbonyl (C=O) groups is 1. The first-order valence-corrected chi connectivity index (χ1v) is 5.72. The van der Waals surface area contributed by atoms with Crippen molar-refractivity contribution in [3.8, 4) is 0 Å². The molecule has 1 aliphatic rings. The van der Waals surface area contributed by atoms with Crippen molar-refractivity contribution in [2.45, 2.75) is 32.3 Å². The molecule has 0 aromatic heterocycles. The number of morpholine rings is 1. The Hall–Kier alpha value is -0.450. The summed E-state index contributed by atoms with van der Waals surface area (Å²) in [6.45, 7) is 5.31. The molecule has 1 aliphatic heterocycles. The molecule has 1 unspecified atom stereocenters. The molecular formula is C11H21NO3. The molecule has 4 heteroatoms. The fraction of sp³-hybridized carbons (Fsp3) is 0.909. The average molecular weight is 215 g/mol. The number of hydrogen-bond donors (Lipinski definition) is 1. The predicted molar refractivity (Wildman–Crippen MR) is 57.8 cm³/mol. The number of nitrogens with zero attached hydrogens (tertiary/aromatic N) is 1. The van der Waals surface area contributed by atoms with Crippen LogP contribution in [0, 0.1) is 0 Å². The quantitative estimate of drug-likeness (QED) is 0.698. The summed E-state index contributed by atoms with van der Waals surface area (Å²) in [5.74, 6) is 0.335. The Labute approximate surface area is 91.2 Å². The maximum atomic E-state index is 11.1. The second-order valence-corrected chi connectivity index (χ2v) is 3.97. The van der Waals surface area contributed by atoms with Crippen molar-refractivity contribution < 1.29 is 14.6 Å². The minimum absolute atomic E-state index is 0.0411. The third-order valence-corrected chi connectivity index (χ3v) is 2.75. The van der Waals surface area contributed by atoms with Gasteiger partial charge in [0.05, 0.1) is 19.3 Å². The van der Waals surface area contributed by atoms with E-state index in [1.807, 2.05) is 6.92 Å². The summed E-state index contributed by atoms with van der Waals surface area (Å²) >= 11 is 0. The topological polar surface area (TPSA) is 49.8 Å². The molecule has 0 amide bonds. The minimum atomic E-state index is -0.0411. The molecule has 0 bridgehead atoms. The van der Waals surface area contributed by atoms with Crippen LogP contribution in [-0.2, 0) is 9.53 Å². The first-order valence-electron chi connectivity index (χ1n) is 5.72. The van der Waals surface area contributed by atoms with Gasteiger partial charge in [-0.1, -0.05) is 6.92 Å². The van der Waals surface area contributed by atoms with Gasteiger partial charge < -0.3 is 9.84 Å². The van der Waals surface area contributed by atoms with E-state index in [0.29, 0.717) is 25.2 Å². The van der Waals surface area contributed by atoms with Crippen LogP contribution < -0.4 is 0 Å². The van der Waals surface area contributed by atoms with E-state index in [1.54, 1.807) is 0 Å². The van der Waals surface area contributed by atoms with Gasteiger partial charge in [0.1, 0.15) is 5.78 Å². The van der Waals surface area contributed by atoms with Crippen molar-refractivity contribution in [1.82, 2.24) is 4.90 Å². The zero-order valence-electron chi connectivity index (χ0n) is 9.45. The number of aliphatic hydroxyl groups excluding tert-OH is 1. The maximum Gasteiger partial charge on any atom is 0.132 e. The highest BCUT2D eigenvalue weighted by Crippen LogP contribution is 2.06. The second kappa shape index (κ2) is 6.93. The van der Waals surface area contributed by atoms with Crippen LogP contribution in [-0.4, -0.2) is 54.7 Å². The molecule has 0 spiro atoms. The number of carbonyl (C=O) groups excluding carboxylic acids is 1. The van der Waals surface area contributed by atoms with Gasteiger partial charge in [0.15, 0.2) is 0 Å². The number of ether oxygens (including phenoxy) is 1. The van der Waals surface area contributed by atoms with Crippen molar-refractivity contribution in [2.24, 2.45) is 0 Å². The van der Waals surface area contributed by atoms with Crippen molar-refractivity contribution in [2.75, 3.05) is 32.8 Å².